The number of ether oxygens (including phenoxy) is 1. The molecule has 1 aliphatic heterocycles. The molecule has 0 amide bonds. The van der Waals surface area contributed by atoms with Crippen LogP contribution in [0.5, 0.6) is 0 Å². The minimum atomic E-state index is -0.216. The van der Waals surface area contributed by atoms with E-state index in [4.69, 9.17) is 15.7 Å². The van der Waals surface area contributed by atoms with Crippen LogP contribution in [0.2, 0.25) is 0 Å². The van der Waals surface area contributed by atoms with Gasteiger partial charge in [0.25, 0.3) is 0 Å². The Morgan fingerprint density at radius 3 is 2.65 bits per heavy atom. The Balaban J connectivity index is 2.25. The minimum Gasteiger partial charge on any atom is -0.409 e. The van der Waals surface area contributed by atoms with E-state index in [1.807, 2.05) is 12.1 Å². The first kappa shape index (κ1) is 11.8. The molecule has 92 valence electrons. The first-order valence-corrected chi connectivity index (χ1v) is 5.52. The van der Waals surface area contributed by atoms with Crippen molar-refractivity contribution in [2.45, 2.75) is 6.04 Å². The van der Waals surface area contributed by atoms with Gasteiger partial charge in [0.15, 0.2) is 5.84 Å². The Hall–Kier alpha value is -1.66. The molecule has 2 rings (SSSR count). The van der Waals surface area contributed by atoms with Crippen LogP contribution in [0.4, 0.5) is 0 Å². The number of rotatable bonds is 3. The third kappa shape index (κ3) is 2.72. The van der Waals surface area contributed by atoms with Gasteiger partial charge in [0, 0.05) is 25.5 Å². The van der Waals surface area contributed by atoms with Gasteiger partial charge in [0.05, 0.1) is 19.3 Å². The second-order valence-corrected chi connectivity index (χ2v) is 3.86. The van der Waals surface area contributed by atoms with Crippen LogP contribution < -0.4 is 5.73 Å². The lowest BCUT2D eigenvalue weighted by molar-refractivity contribution is 0.0279. The molecule has 6 heteroatoms. The van der Waals surface area contributed by atoms with Crippen LogP contribution in [0.3, 0.4) is 0 Å². The molecule has 3 N–H and O–H groups in total. The zero-order valence-corrected chi connectivity index (χ0v) is 9.49. The molecule has 1 aromatic rings. The number of amidine groups is 1. The van der Waals surface area contributed by atoms with E-state index in [-0.39, 0.29) is 11.9 Å². The molecular weight excluding hydrogens is 220 g/mol. The Bertz CT molecular complexity index is 376. The van der Waals surface area contributed by atoms with Crippen molar-refractivity contribution in [1.82, 2.24) is 9.88 Å². The number of nitrogens with zero attached hydrogens (tertiary/aromatic N) is 3. The molecule has 0 saturated carbocycles. The van der Waals surface area contributed by atoms with Gasteiger partial charge in [-0.1, -0.05) is 5.16 Å². The molecule has 6 nitrogen and oxygen atoms in total. The number of hydrogen-bond donors (Lipinski definition) is 2. The fourth-order valence-electron chi connectivity index (χ4n) is 2.00. The highest BCUT2D eigenvalue weighted by Crippen LogP contribution is 2.21. The van der Waals surface area contributed by atoms with Crippen LogP contribution in [0, 0.1) is 0 Å². The van der Waals surface area contributed by atoms with E-state index >= 15 is 0 Å². The van der Waals surface area contributed by atoms with Crippen LogP contribution in [0.15, 0.2) is 29.7 Å². The van der Waals surface area contributed by atoms with Crippen molar-refractivity contribution in [2.75, 3.05) is 26.3 Å². The summed E-state index contributed by atoms with van der Waals surface area (Å²) in [5.74, 6) is 0.193. The summed E-state index contributed by atoms with van der Waals surface area (Å²) in [4.78, 5) is 6.10. The summed E-state index contributed by atoms with van der Waals surface area (Å²) in [6.45, 7) is 2.87. The SMILES string of the molecule is NC(=NO)[C@@H](c1ccncc1)N1CCOCC1. The number of aromatic nitrogens is 1. The molecule has 1 saturated heterocycles. The zero-order chi connectivity index (χ0) is 12.1. The van der Waals surface area contributed by atoms with Crippen LogP contribution >= 0.6 is 0 Å². The van der Waals surface area contributed by atoms with Gasteiger partial charge in [-0.2, -0.15) is 0 Å². The van der Waals surface area contributed by atoms with Crippen molar-refractivity contribution in [3.63, 3.8) is 0 Å². The van der Waals surface area contributed by atoms with Crippen molar-refractivity contribution < 1.29 is 9.94 Å². The second-order valence-electron chi connectivity index (χ2n) is 3.86. The van der Waals surface area contributed by atoms with Crippen molar-refractivity contribution in [1.29, 1.82) is 0 Å². The maximum Gasteiger partial charge on any atom is 0.161 e. The first-order valence-electron chi connectivity index (χ1n) is 5.52. The summed E-state index contributed by atoms with van der Waals surface area (Å²) >= 11 is 0. The number of pyridine rings is 1. The highest BCUT2D eigenvalue weighted by atomic mass is 16.5. The number of hydrogen-bond acceptors (Lipinski definition) is 5. The van der Waals surface area contributed by atoms with Crippen molar-refractivity contribution in [3.8, 4) is 0 Å². The van der Waals surface area contributed by atoms with Gasteiger partial charge < -0.3 is 15.7 Å². The van der Waals surface area contributed by atoms with Gasteiger partial charge in [-0.3, -0.25) is 9.88 Å². The summed E-state index contributed by atoms with van der Waals surface area (Å²) in [5.41, 5.74) is 6.75. The fourth-order valence-corrected chi connectivity index (χ4v) is 2.00. The summed E-state index contributed by atoms with van der Waals surface area (Å²) in [6.07, 6.45) is 3.40. The molecule has 17 heavy (non-hydrogen) atoms. The normalized spacial score (nSPS) is 20.1. The lowest BCUT2D eigenvalue weighted by atomic mass is 10.1. The highest BCUT2D eigenvalue weighted by molar-refractivity contribution is 5.86. The molecule has 1 aliphatic rings. The Kier molecular flexibility index (Phi) is 3.89. The molecular formula is C11H16N4O2. The molecule has 1 fully saturated rings. The molecule has 1 atom stereocenters. The highest BCUT2D eigenvalue weighted by Gasteiger charge is 2.26. The largest absolute Gasteiger partial charge is 0.409 e. The van der Waals surface area contributed by atoms with Crippen molar-refractivity contribution >= 4 is 5.84 Å². The second kappa shape index (κ2) is 5.60. The summed E-state index contributed by atoms with van der Waals surface area (Å²) < 4.78 is 5.30. The maximum absolute atomic E-state index is 8.89. The molecule has 0 unspecified atom stereocenters. The van der Waals surface area contributed by atoms with E-state index in [0.717, 1.165) is 18.7 Å². The van der Waals surface area contributed by atoms with E-state index < -0.39 is 0 Å². The Morgan fingerprint density at radius 2 is 2.06 bits per heavy atom. The van der Waals surface area contributed by atoms with Gasteiger partial charge in [-0.15, -0.1) is 0 Å². The van der Waals surface area contributed by atoms with Crippen LogP contribution in [-0.2, 0) is 4.74 Å². The minimum absolute atomic E-state index is 0.193. The van der Waals surface area contributed by atoms with Crippen molar-refractivity contribution in [2.24, 2.45) is 10.9 Å². The topological polar surface area (TPSA) is 84.0 Å². The van der Waals surface area contributed by atoms with Crippen LogP contribution in [0.1, 0.15) is 11.6 Å². The number of nitrogens with two attached hydrogens (primary N) is 1. The Labute approximate surface area is 99.7 Å². The zero-order valence-electron chi connectivity index (χ0n) is 9.49. The van der Waals surface area contributed by atoms with Gasteiger partial charge >= 0.3 is 0 Å². The summed E-state index contributed by atoms with van der Waals surface area (Å²) in [7, 11) is 0. The van der Waals surface area contributed by atoms with Crippen LogP contribution in [-0.4, -0.2) is 47.2 Å². The molecule has 1 aromatic heterocycles. The standard InChI is InChI=1S/C11H16N4O2/c12-11(14-16)10(9-1-3-13-4-2-9)15-5-7-17-8-6-15/h1-4,10,16H,5-8H2,(H2,12,14)/t10-/m1/s1. The van der Waals surface area contributed by atoms with Gasteiger partial charge in [0.1, 0.15) is 0 Å². The average molecular weight is 236 g/mol. The molecule has 0 bridgehead atoms. The van der Waals surface area contributed by atoms with Crippen LogP contribution in [0.25, 0.3) is 0 Å². The third-order valence-corrected chi connectivity index (χ3v) is 2.83. The lowest BCUT2D eigenvalue weighted by Crippen LogP contribution is -2.44. The molecule has 0 aromatic carbocycles. The number of oxime groups is 1. The monoisotopic (exact) mass is 236 g/mol. The predicted octanol–water partition coefficient (Wildman–Crippen LogP) is 0.201. The fraction of sp³-hybridized carbons (Fsp3) is 0.455. The van der Waals surface area contributed by atoms with Crippen molar-refractivity contribution in [3.05, 3.63) is 30.1 Å². The van der Waals surface area contributed by atoms with Gasteiger partial charge in [0.2, 0.25) is 0 Å². The lowest BCUT2D eigenvalue weighted by Gasteiger charge is -2.33. The van der Waals surface area contributed by atoms with E-state index in [9.17, 15) is 0 Å². The molecule has 2 heterocycles. The smallest absolute Gasteiger partial charge is 0.161 e. The predicted molar refractivity (Wildman–Crippen MR) is 62.8 cm³/mol. The van der Waals surface area contributed by atoms with Gasteiger partial charge in [-0.25, -0.2) is 0 Å². The third-order valence-electron chi connectivity index (χ3n) is 2.83. The van der Waals surface area contributed by atoms with Gasteiger partial charge in [-0.05, 0) is 17.7 Å². The summed E-state index contributed by atoms with van der Waals surface area (Å²) in [5, 5.41) is 12.0. The van der Waals surface area contributed by atoms with E-state index in [1.54, 1.807) is 12.4 Å². The maximum atomic E-state index is 8.89. The average Bonchev–Trinajstić information content (AvgIpc) is 2.41. The van der Waals surface area contributed by atoms with E-state index in [2.05, 4.69) is 15.0 Å². The quantitative estimate of drug-likeness (QED) is 0.339. The molecule has 0 aliphatic carbocycles. The summed E-state index contributed by atoms with van der Waals surface area (Å²) in [6, 6.07) is 3.53. The van der Waals surface area contributed by atoms with E-state index in [1.165, 1.54) is 0 Å². The Morgan fingerprint density at radius 1 is 1.41 bits per heavy atom. The first-order chi connectivity index (χ1) is 8.33. The molecule has 0 spiro atoms. The van der Waals surface area contributed by atoms with E-state index in [0.29, 0.717) is 13.2 Å². The molecule has 0 radical (unpaired) electrons. The number of morpholine rings is 1.